The third-order valence-corrected chi connectivity index (χ3v) is 6.03. The molecule has 0 saturated heterocycles. The average molecular weight is 528 g/mol. The van der Waals surface area contributed by atoms with Crippen LogP contribution in [0.25, 0.3) is 27.7 Å². The Morgan fingerprint density at radius 3 is 2.33 bits per heavy atom. The Labute approximate surface area is 222 Å². The number of amides is 1. The second-order valence-corrected chi connectivity index (χ2v) is 9.01. The molecule has 0 atom stereocenters. The first-order chi connectivity index (χ1) is 18.7. The molecular weight excluding hydrogens is 504 g/mol. The van der Waals surface area contributed by atoms with Gasteiger partial charge < -0.3 is 15.2 Å². The van der Waals surface area contributed by atoms with Crippen molar-refractivity contribution in [3.8, 4) is 28.4 Å². The highest BCUT2D eigenvalue weighted by Crippen LogP contribution is 2.35. The highest BCUT2D eigenvalue weighted by molar-refractivity contribution is 5.94. The molecule has 4 aromatic carbocycles. The van der Waals surface area contributed by atoms with Crippen molar-refractivity contribution in [2.24, 2.45) is 0 Å². The van der Waals surface area contributed by atoms with Crippen LogP contribution < -0.4 is 10.1 Å². The number of nitrogens with one attached hydrogen (secondary N) is 1. The second-order valence-electron chi connectivity index (χ2n) is 9.01. The second kappa shape index (κ2) is 10.7. The van der Waals surface area contributed by atoms with Gasteiger partial charge in [0.05, 0.1) is 18.3 Å². The van der Waals surface area contributed by atoms with Crippen LogP contribution in [0.1, 0.15) is 22.3 Å². The molecule has 5 aromatic rings. The van der Waals surface area contributed by atoms with Crippen LogP contribution in [-0.4, -0.2) is 33.3 Å². The topological polar surface area (TPSA) is 93.5 Å². The van der Waals surface area contributed by atoms with Crippen LogP contribution in [0.3, 0.4) is 0 Å². The molecule has 0 saturated carbocycles. The molecule has 1 aromatic heterocycles. The van der Waals surface area contributed by atoms with Gasteiger partial charge in [-0.2, -0.15) is 5.10 Å². The Morgan fingerprint density at radius 2 is 1.62 bits per heavy atom. The van der Waals surface area contributed by atoms with Gasteiger partial charge in [0.15, 0.2) is 5.75 Å². The summed E-state index contributed by atoms with van der Waals surface area (Å²) in [6, 6.07) is 21.4. The van der Waals surface area contributed by atoms with Crippen molar-refractivity contribution in [3.05, 3.63) is 108 Å². The van der Waals surface area contributed by atoms with Gasteiger partial charge in [-0.3, -0.25) is 9.59 Å². The molecule has 0 aliphatic carbocycles. The van der Waals surface area contributed by atoms with Crippen LogP contribution in [0, 0.1) is 18.6 Å². The monoisotopic (exact) mass is 527 g/mol. The van der Waals surface area contributed by atoms with Gasteiger partial charge in [-0.05, 0) is 60.2 Å². The van der Waals surface area contributed by atoms with Gasteiger partial charge in [0.25, 0.3) is 5.91 Å². The lowest BCUT2D eigenvalue weighted by atomic mass is 10.0. The maximum Gasteiger partial charge on any atom is 0.305 e. The summed E-state index contributed by atoms with van der Waals surface area (Å²) >= 11 is 0. The highest BCUT2D eigenvalue weighted by Gasteiger charge is 2.17. The minimum Gasteiger partial charge on any atom is -0.481 e. The Bertz CT molecular complexity index is 1680. The number of benzene rings is 4. The van der Waals surface area contributed by atoms with Crippen molar-refractivity contribution < 1.29 is 28.2 Å². The number of aromatic nitrogens is 2. The summed E-state index contributed by atoms with van der Waals surface area (Å²) in [5.74, 6) is -2.14. The summed E-state index contributed by atoms with van der Waals surface area (Å²) < 4.78 is 35.4. The smallest absolute Gasteiger partial charge is 0.305 e. The normalized spacial score (nSPS) is 10.9. The van der Waals surface area contributed by atoms with E-state index < -0.39 is 23.5 Å². The van der Waals surface area contributed by atoms with Crippen LogP contribution >= 0.6 is 0 Å². The Hall–Kier alpha value is -5.05. The molecule has 39 heavy (non-hydrogen) atoms. The number of hydrogen-bond donors (Lipinski definition) is 2. The molecule has 0 unspecified atom stereocenters. The molecule has 0 aliphatic rings. The fourth-order valence-electron chi connectivity index (χ4n) is 4.14. The standard InChI is InChI=1S/C30H23F2N3O4/c1-18-2-3-21-13-22(5-4-20(21)12-18)29-27(17-35(34-29)25-15-23(31)14-24(32)16-25)39-26-8-6-19(7-9-26)30(38)33-11-10-28(36)37/h2-9,12-17H,10-11H2,1H3,(H,33,38)(H,36,37). The number of ether oxygens (including phenoxy) is 1. The lowest BCUT2D eigenvalue weighted by Gasteiger charge is -2.08. The number of rotatable bonds is 8. The number of fused-ring (bicyclic) bond motifs is 1. The first kappa shape index (κ1) is 25.6. The zero-order valence-corrected chi connectivity index (χ0v) is 20.8. The molecule has 9 heteroatoms. The van der Waals surface area contributed by atoms with E-state index in [1.807, 2.05) is 37.3 Å². The summed E-state index contributed by atoms with van der Waals surface area (Å²) in [4.78, 5) is 22.9. The minimum atomic E-state index is -1.00. The first-order valence-corrected chi connectivity index (χ1v) is 12.1. The largest absolute Gasteiger partial charge is 0.481 e. The molecule has 5 rings (SSSR count). The molecule has 0 bridgehead atoms. The number of carboxylic acids is 1. The van der Waals surface area contributed by atoms with E-state index in [0.717, 1.165) is 28.0 Å². The van der Waals surface area contributed by atoms with Crippen LogP contribution in [0.15, 0.2) is 85.1 Å². The van der Waals surface area contributed by atoms with Crippen molar-refractivity contribution in [1.82, 2.24) is 15.1 Å². The molecule has 0 fully saturated rings. The van der Waals surface area contributed by atoms with Crippen LogP contribution in [0.5, 0.6) is 11.5 Å². The van der Waals surface area contributed by atoms with E-state index in [0.29, 0.717) is 22.8 Å². The SMILES string of the molecule is Cc1ccc2cc(-c3nn(-c4cc(F)cc(F)c4)cc3Oc3ccc(C(=O)NCCC(=O)O)cc3)ccc2c1. The maximum absolute atomic E-state index is 13.9. The summed E-state index contributed by atoms with van der Waals surface area (Å²) in [5.41, 5.74) is 2.86. The highest BCUT2D eigenvalue weighted by atomic mass is 19.1. The summed E-state index contributed by atoms with van der Waals surface area (Å²) in [5, 5.41) is 17.9. The molecule has 0 radical (unpaired) electrons. The molecule has 7 nitrogen and oxygen atoms in total. The number of halogens is 2. The molecular formula is C30H23F2N3O4. The van der Waals surface area contributed by atoms with E-state index in [2.05, 4.69) is 16.5 Å². The van der Waals surface area contributed by atoms with Crippen LogP contribution in [0.2, 0.25) is 0 Å². The molecule has 1 amide bonds. The third kappa shape index (κ3) is 5.93. The zero-order chi connectivity index (χ0) is 27.5. The van der Waals surface area contributed by atoms with E-state index in [4.69, 9.17) is 9.84 Å². The van der Waals surface area contributed by atoms with Crippen molar-refractivity contribution in [3.63, 3.8) is 0 Å². The van der Waals surface area contributed by atoms with Crippen LogP contribution in [-0.2, 0) is 4.79 Å². The lowest BCUT2D eigenvalue weighted by molar-refractivity contribution is -0.136. The fourth-order valence-corrected chi connectivity index (χ4v) is 4.14. The van der Waals surface area contributed by atoms with Crippen molar-refractivity contribution in [2.45, 2.75) is 13.3 Å². The lowest BCUT2D eigenvalue weighted by Crippen LogP contribution is -2.25. The predicted molar refractivity (Wildman–Crippen MR) is 142 cm³/mol. The number of aliphatic carboxylic acids is 1. The Kier molecular flexibility index (Phi) is 7.05. The van der Waals surface area contributed by atoms with Gasteiger partial charge in [-0.15, -0.1) is 0 Å². The summed E-state index contributed by atoms with van der Waals surface area (Å²) in [6.45, 7) is 2.03. The van der Waals surface area contributed by atoms with E-state index in [1.165, 1.54) is 23.0 Å². The van der Waals surface area contributed by atoms with Crippen molar-refractivity contribution in [2.75, 3.05) is 6.54 Å². The van der Waals surface area contributed by atoms with Gasteiger partial charge in [0, 0.05) is 23.7 Å². The van der Waals surface area contributed by atoms with E-state index in [1.54, 1.807) is 24.3 Å². The Morgan fingerprint density at radius 1 is 0.923 bits per heavy atom. The van der Waals surface area contributed by atoms with Gasteiger partial charge in [-0.1, -0.05) is 35.9 Å². The molecule has 196 valence electrons. The van der Waals surface area contributed by atoms with Crippen molar-refractivity contribution in [1.29, 1.82) is 0 Å². The number of carbonyl (C=O) groups excluding carboxylic acids is 1. The molecule has 2 N–H and O–H groups in total. The quantitative estimate of drug-likeness (QED) is 0.248. The zero-order valence-electron chi connectivity index (χ0n) is 20.8. The first-order valence-electron chi connectivity index (χ1n) is 12.1. The van der Waals surface area contributed by atoms with Crippen LogP contribution in [0.4, 0.5) is 8.78 Å². The van der Waals surface area contributed by atoms with Gasteiger partial charge >= 0.3 is 5.97 Å². The Balaban J connectivity index is 1.48. The van der Waals surface area contributed by atoms with E-state index in [-0.39, 0.29) is 18.7 Å². The van der Waals surface area contributed by atoms with E-state index >= 15 is 0 Å². The summed E-state index contributed by atoms with van der Waals surface area (Å²) in [6.07, 6.45) is 1.36. The number of hydrogen-bond acceptors (Lipinski definition) is 4. The molecule has 1 heterocycles. The van der Waals surface area contributed by atoms with Gasteiger partial charge in [-0.25, -0.2) is 13.5 Å². The van der Waals surface area contributed by atoms with Gasteiger partial charge in [0.1, 0.15) is 23.1 Å². The minimum absolute atomic E-state index is 0.0148. The number of nitrogens with zero attached hydrogens (tertiary/aromatic N) is 2. The number of aryl methyl sites for hydroxylation is 1. The van der Waals surface area contributed by atoms with E-state index in [9.17, 15) is 18.4 Å². The number of carboxylic acid groups (broad SMARTS) is 1. The molecule has 0 aliphatic heterocycles. The number of carbonyl (C=O) groups is 2. The predicted octanol–water partition coefficient (Wildman–Crippen LogP) is 6.28. The molecule has 0 spiro atoms. The van der Waals surface area contributed by atoms with Gasteiger partial charge in [0.2, 0.25) is 0 Å². The maximum atomic E-state index is 13.9. The third-order valence-electron chi connectivity index (χ3n) is 6.03. The van der Waals surface area contributed by atoms with Crippen molar-refractivity contribution >= 4 is 22.6 Å². The fraction of sp³-hybridized carbons (Fsp3) is 0.100. The average Bonchev–Trinajstić information content (AvgIpc) is 3.32. The summed E-state index contributed by atoms with van der Waals surface area (Å²) in [7, 11) is 0.